The van der Waals surface area contributed by atoms with Crippen LogP contribution in [0.3, 0.4) is 0 Å². The predicted octanol–water partition coefficient (Wildman–Crippen LogP) is 2.01. The minimum atomic E-state index is -0.735. The summed E-state index contributed by atoms with van der Waals surface area (Å²) in [6.45, 7) is 7.07. The number of nitrogens with zero attached hydrogens (tertiary/aromatic N) is 2. The molecule has 4 heteroatoms. The number of aliphatic hydroxyl groups is 1. The summed E-state index contributed by atoms with van der Waals surface area (Å²) in [6, 6.07) is 3.66. The summed E-state index contributed by atoms with van der Waals surface area (Å²) in [5, 5.41) is 11.0. The molecule has 2 fully saturated rings. The van der Waals surface area contributed by atoms with Crippen molar-refractivity contribution in [1.29, 1.82) is 0 Å². The van der Waals surface area contributed by atoms with E-state index in [2.05, 4.69) is 18.8 Å². The van der Waals surface area contributed by atoms with E-state index in [4.69, 9.17) is 0 Å². The van der Waals surface area contributed by atoms with Crippen molar-refractivity contribution in [3.63, 3.8) is 0 Å². The maximum atomic E-state index is 12.6. The van der Waals surface area contributed by atoms with Gasteiger partial charge in [-0.3, -0.25) is 9.78 Å². The molecule has 0 bridgehead atoms. The Morgan fingerprint density at radius 3 is 2.60 bits per heavy atom. The van der Waals surface area contributed by atoms with Crippen LogP contribution >= 0.6 is 0 Å². The quantitative estimate of drug-likeness (QED) is 0.897. The zero-order valence-electron chi connectivity index (χ0n) is 12.4. The number of carbonyl (C=O) groups excluding carboxylic acids is 1. The highest BCUT2D eigenvalue weighted by Gasteiger charge is 2.59. The second kappa shape index (κ2) is 4.29. The third kappa shape index (κ3) is 2.03. The monoisotopic (exact) mass is 274 g/mol. The van der Waals surface area contributed by atoms with Crippen molar-refractivity contribution in [2.24, 2.45) is 11.3 Å². The van der Waals surface area contributed by atoms with Crippen molar-refractivity contribution in [2.75, 3.05) is 13.1 Å². The normalized spacial score (nSPS) is 28.7. The van der Waals surface area contributed by atoms with Crippen LogP contribution in [0.2, 0.25) is 0 Å². The molecule has 4 nitrogen and oxygen atoms in total. The van der Waals surface area contributed by atoms with Crippen LogP contribution in [-0.2, 0) is 0 Å². The van der Waals surface area contributed by atoms with Crippen LogP contribution in [0.5, 0.6) is 0 Å². The summed E-state index contributed by atoms with van der Waals surface area (Å²) in [5.41, 5.74) is 0.521. The molecule has 1 aromatic heterocycles. The number of β-amino-alcohol motifs (C(OH)–C–C–N with tert-alkyl or cyclic N) is 1. The lowest BCUT2D eigenvalue weighted by Crippen LogP contribution is -2.46. The van der Waals surface area contributed by atoms with Gasteiger partial charge in [-0.1, -0.05) is 13.8 Å². The number of hydrogen-bond donors (Lipinski definition) is 1. The first-order valence-electron chi connectivity index (χ1n) is 7.28. The molecule has 1 atom stereocenters. The minimum absolute atomic E-state index is 0.0258. The third-order valence-electron chi connectivity index (χ3n) is 4.89. The van der Waals surface area contributed by atoms with Gasteiger partial charge in [0.15, 0.2) is 0 Å². The molecule has 0 spiro atoms. The van der Waals surface area contributed by atoms with Crippen molar-refractivity contribution in [3.05, 3.63) is 29.6 Å². The molecule has 1 saturated heterocycles. The summed E-state index contributed by atoms with van der Waals surface area (Å²) < 4.78 is 0. The smallest absolute Gasteiger partial charge is 0.255 e. The summed E-state index contributed by atoms with van der Waals surface area (Å²) in [5.74, 6) is 0.327. The standard InChI is InChI=1S/C16H22N2O2/c1-11-4-5-12(8-17-11)14(19)18-9-15(2,3)16(20,10-18)13-6-7-13/h4-5,8,13,20H,6-7,9-10H2,1-3H3/t16-/m1/s1. The Morgan fingerprint density at radius 2 is 2.05 bits per heavy atom. The summed E-state index contributed by atoms with van der Waals surface area (Å²) >= 11 is 0. The number of amides is 1. The molecule has 2 heterocycles. The minimum Gasteiger partial charge on any atom is -0.387 e. The van der Waals surface area contributed by atoms with Gasteiger partial charge in [0.1, 0.15) is 0 Å². The SMILES string of the molecule is Cc1ccc(C(=O)N2CC(C)(C)[C@](O)(C3CC3)C2)cn1. The van der Waals surface area contributed by atoms with Crippen LogP contribution in [-0.4, -0.2) is 39.6 Å². The molecule has 1 aliphatic heterocycles. The van der Waals surface area contributed by atoms with E-state index in [-0.39, 0.29) is 11.3 Å². The Morgan fingerprint density at radius 1 is 1.35 bits per heavy atom. The highest BCUT2D eigenvalue weighted by atomic mass is 16.3. The van der Waals surface area contributed by atoms with E-state index in [1.54, 1.807) is 11.1 Å². The number of carbonyl (C=O) groups is 1. The third-order valence-corrected chi connectivity index (χ3v) is 4.89. The Hall–Kier alpha value is -1.42. The molecule has 3 rings (SSSR count). The number of rotatable bonds is 2. The predicted molar refractivity (Wildman–Crippen MR) is 76.3 cm³/mol. The van der Waals surface area contributed by atoms with Crippen LogP contribution in [0.25, 0.3) is 0 Å². The van der Waals surface area contributed by atoms with Gasteiger partial charge in [-0.2, -0.15) is 0 Å². The molecule has 20 heavy (non-hydrogen) atoms. The van der Waals surface area contributed by atoms with Crippen molar-refractivity contribution in [2.45, 2.75) is 39.2 Å². The van der Waals surface area contributed by atoms with Gasteiger partial charge in [-0.25, -0.2) is 0 Å². The first-order chi connectivity index (χ1) is 9.33. The Bertz CT molecular complexity index is 534. The lowest BCUT2D eigenvalue weighted by molar-refractivity contribution is -0.0481. The van der Waals surface area contributed by atoms with Gasteiger partial charge in [0.05, 0.1) is 17.7 Å². The molecule has 0 unspecified atom stereocenters. The van der Waals surface area contributed by atoms with Crippen LogP contribution in [0.1, 0.15) is 42.7 Å². The lowest BCUT2D eigenvalue weighted by atomic mass is 9.75. The fraction of sp³-hybridized carbons (Fsp3) is 0.625. The fourth-order valence-corrected chi connectivity index (χ4v) is 3.34. The molecule has 108 valence electrons. The van der Waals surface area contributed by atoms with E-state index in [1.165, 1.54) is 0 Å². The molecule has 1 amide bonds. The maximum Gasteiger partial charge on any atom is 0.255 e. The number of hydrogen-bond acceptors (Lipinski definition) is 3. The largest absolute Gasteiger partial charge is 0.387 e. The van der Waals surface area contributed by atoms with E-state index < -0.39 is 5.60 Å². The van der Waals surface area contributed by atoms with E-state index in [9.17, 15) is 9.90 Å². The van der Waals surface area contributed by atoms with Gasteiger partial charge in [0, 0.05) is 23.9 Å². The van der Waals surface area contributed by atoms with E-state index in [0.29, 0.717) is 24.6 Å². The van der Waals surface area contributed by atoms with Crippen LogP contribution in [0.4, 0.5) is 0 Å². The van der Waals surface area contributed by atoms with Crippen molar-refractivity contribution < 1.29 is 9.90 Å². The molecular formula is C16H22N2O2. The molecule has 1 saturated carbocycles. The van der Waals surface area contributed by atoms with Gasteiger partial charge < -0.3 is 10.0 Å². The molecule has 1 aromatic rings. The summed E-state index contributed by atoms with van der Waals surface area (Å²) in [7, 11) is 0. The Kier molecular flexibility index (Phi) is 2.91. The van der Waals surface area contributed by atoms with Crippen LogP contribution in [0, 0.1) is 18.3 Å². The number of likely N-dealkylation sites (tertiary alicyclic amines) is 1. The van der Waals surface area contributed by atoms with Crippen LogP contribution in [0.15, 0.2) is 18.3 Å². The van der Waals surface area contributed by atoms with Gasteiger partial charge >= 0.3 is 0 Å². The zero-order chi connectivity index (χ0) is 14.5. The van der Waals surface area contributed by atoms with Gasteiger partial charge in [0.2, 0.25) is 0 Å². The number of aromatic nitrogens is 1. The van der Waals surface area contributed by atoms with Crippen molar-refractivity contribution in [1.82, 2.24) is 9.88 Å². The molecular weight excluding hydrogens is 252 g/mol. The zero-order valence-corrected chi connectivity index (χ0v) is 12.4. The topological polar surface area (TPSA) is 53.4 Å². The molecule has 0 aromatic carbocycles. The molecule has 2 aliphatic rings. The van der Waals surface area contributed by atoms with Gasteiger partial charge in [-0.05, 0) is 37.8 Å². The molecule has 1 N–H and O–H groups in total. The second-order valence-electron chi connectivity index (χ2n) is 6.93. The fourth-order valence-electron chi connectivity index (χ4n) is 3.34. The van der Waals surface area contributed by atoms with E-state index in [0.717, 1.165) is 18.5 Å². The van der Waals surface area contributed by atoms with E-state index in [1.807, 2.05) is 19.1 Å². The average molecular weight is 274 g/mol. The second-order valence-corrected chi connectivity index (χ2v) is 6.93. The van der Waals surface area contributed by atoms with Crippen molar-refractivity contribution >= 4 is 5.91 Å². The molecule has 1 aliphatic carbocycles. The van der Waals surface area contributed by atoms with Gasteiger partial charge in [-0.15, -0.1) is 0 Å². The Labute approximate surface area is 119 Å². The van der Waals surface area contributed by atoms with Crippen molar-refractivity contribution in [3.8, 4) is 0 Å². The lowest BCUT2D eigenvalue weighted by Gasteiger charge is -2.35. The average Bonchev–Trinajstić information content (AvgIpc) is 3.19. The first kappa shape index (κ1) is 13.6. The Balaban J connectivity index is 1.82. The summed E-state index contributed by atoms with van der Waals surface area (Å²) in [6.07, 6.45) is 3.78. The highest BCUT2D eigenvalue weighted by molar-refractivity contribution is 5.94. The highest BCUT2D eigenvalue weighted by Crippen LogP contribution is 2.52. The first-order valence-corrected chi connectivity index (χ1v) is 7.28. The number of aryl methyl sites for hydroxylation is 1. The van der Waals surface area contributed by atoms with Crippen LogP contribution < -0.4 is 0 Å². The van der Waals surface area contributed by atoms with Gasteiger partial charge in [0.25, 0.3) is 5.91 Å². The van der Waals surface area contributed by atoms with E-state index >= 15 is 0 Å². The molecule has 0 radical (unpaired) electrons. The number of pyridine rings is 1. The summed E-state index contributed by atoms with van der Waals surface area (Å²) in [4.78, 5) is 18.5. The maximum absolute atomic E-state index is 12.6.